The van der Waals surface area contributed by atoms with Crippen LogP contribution < -0.4 is 0 Å². The van der Waals surface area contributed by atoms with Crippen molar-refractivity contribution >= 4 is 10.8 Å². The van der Waals surface area contributed by atoms with Crippen molar-refractivity contribution in [3.05, 3.63) is 95.3 Å². The predicted molar refractivity (Wildman–Crippen MR) is 113 cm³/mol. The standard InChI is InChI=1S/C26H19F5/c1-2-3-4-15-11-23(29)25(24(30)12-15)18-6-8-19(22(28)14-18)16-5-9-20-17(13-16)7-10-21(27)26(20)31/h5-14H,2-4H2,1H3. The van der Waals surface area contributed by atoms with Crippen molar-refractivity contribution in [3.8, 4) is 22.3 Å². The second-order valence-electron chi connectivity index (χ2n) is 7.53. The monoisotopic (exact) mass is 426 g/mol. The van der Waals surface area contributed by atoms with E-state index in [9.17, 15) is 22.0 Å². The second kappa shape index (κ2) is 8.50. The van der Waals surface area contributed by atoms with E-state index in [2.05, 4.69) is 0 Å². The maximum atomic E-state index is 14.9. The Morgan fingerprint density at radius 2 is 1.35 bits per heavy atom. The number of benzene rings is 4. The summed E-state index contributed by atoms with van der Waals surface area (Å²) in [7, 11) is 0. The smallest absolute Gasteiger partial charge is 0.166 e. The van der Waals surface area contributed by atoms with E-state index in [0.29, 0.717) is 22.9 Å². The van der Waals surface area contributed by atoms with Crippen molar-refractivity contribution in [1.82, 2.24) is 0 Å². The zero-order chi connectivity index (χ0) is 22.1. The molecule has 0 nitrogen and oxygen atoms in total. The van der Waals surface area contributed by atoms with Crippen molar-refractivity contribution in [2.24, 2.45) is 0 Å². The van der Waals surface area contributed by atoms with Crippen molar-refractivity contribution in [3.63, 3.8) is 0 Å². The summed E-state index contributed by atoms with van der Waals surface area (Å²) >= 11 is 0. The first-order chi connectivity index (χ1) is 14.9. The zero-order valence-corrected chi connectivity index (χ0v) is 16.8. The fourth-order valence-electron chi connectivity index (χ4n) is 3.76. The highest BCUT2D eigenvalue weighted by atomic mass is 19.2. The molecular weight excluding hydrogens is 407 g/mol. The molecule has 4 aromatic rings. The average molecular weight is 426 g/mol. The van der Waals surface area contributed by atoms with E-state index in [4.69, 9.17) is 0 Å². The highest BCUT2D eigenvalue weighted by Gasteiger charge is 2.16. The lowest BCUT2D eigenvalue weighted by Crippen LogP contribution is -1.96. The highest BCUT2D eigenvalue weighted by Crippen LogP contribution is 2.33. The van der Waals surface area contributed by atoms with E-state index in [-0.39, 0.29) is 22.1 Å². The van der Waals surface area contributed by atoms with Crippen LogP contribution in [0.1, 0.15) is 25.3 Å². The van der Waals surface area contributed by atoms with Gasteiger partial charge in [0.2, 0.25) is 0 Å². The number of hydrogen-bond acceptors (Lipinski definition) is 0. The van der Waals surface area contributed by atoms with Crippen LogP contribution in [0.3, 0.4) is 0 Å². The molecule has 4 aromatic carbocycles. The minimum atomic E-state index is -0.965. The lowest BCUT2D eigenvalue weighted by Gasteiger charge is -2.11. The molecule has 0 atom stereocenters. The third-order valence-corrected chi connectivity index (χ3v) is 5.40. The first-order valence-electron chi connectivity index (χ1n) is 10.0. The van der Waals surface area contributed by atoms with Gasteiger partial charge in [-0.3, -0.25) is 0 Å². The molecule has 0 aliphatic carbocycles. The quantitative estimate of drug-likeness (QED) is 0.282. The molecule has 0 fully saturated rings. The summed E-state index contributed by atoms with van der Waals surface area (Å²) in [6.45, 7) is 2.00. The first-order valence-corrected chi connectivity index (χ1v) is 10.0. The first kappa shape index (κ1) is 21.0. The molecule has 0 heterocycles. The summed E-state index contributed by atoms with van der Waals surface area (Å²) in [4.78, 5) is 0. The fraction of sp³-hybridized carbons (Fsp3) is 0.154. The van der Waals surface area contributed by atoms with Crippen LogP contribution in [-0.2, 0) is 6.42 Å². The zero-order valence-electron chi connectivity index (χ0n) is 16.8. The van der Waals surface area contributed by atoms with Gasteiger partial charge in [0, 0.05) is 10.9 Å². The van der Waals surface area contributed by atoms with Gasteiger partial charge in [-0.2, -0.15) is 0 Å². The SMILES string of the molecule is CCCCc1cc(F)c(-c2ccc(-c3ccc4c(F)c(F)ccc4c3)c(F)c2)c(F)c1. The third-order valence-electron chi connectivity index (χ3n) is 5.40. The molecule has 0 N–H and O–H groups in total. The van der Waals surface area contributed by atoms with E-state index in [1.165, 1.54) is 42.5 Å². The van der Waals surface area contributed by atoms with Gasteiger partial charge in [0.1, 0.15) is 17.5 Å². The molecule has 0 saturated heterocycles. The van der Waals surface area contributed by atoms with Gasteiger partial charge in [-0.05, 0) is 65.3 Å². The van der Waals surface area contributed by atoms with Gasteiger partial charge in [-0.25, -0.2) is 22.0 Å². The van der Waals surface area contributed by atoms with E-state index in [0.717, 1.165) is 25.0 Å². The minimum Gasteiger partial charge on any atom is -0.206 e. The molecule has 4 rings (SSSR count). The van der Waals surface area contributed by atoms with Gasteiger partial charge in [0.25, 0.3) is 0 Å². The summed E-state index contributed by atoms with van der Waals surface area (Å²) < 4.78 is 71.4. The molecule has 0 bridgehead atoms. The highest BCUT2D eigenvalue weighted by molar-refractivity contribution is 5.88. The van der Waals surface area contributed by atoms with Crippen LogP contribution in [0.2, 0.25) is 0 Å². The van der Waals surface area contributed by atoms with Crippen molar-refractivity contribution in [2.45, 2.75) is 26.2 Å². The number of hydrogen-bond donors (Lipinski definition) is 0. The Morgan fingerprint density at radius 3 is 2.03 bits per heavy atom. The fourth-order valence-corrected chi connectivity index (χ4v) is 3.76. The Balaban J connectivity index is 1.72. The van der Waals surface area contributed by atoms with E-state index < -0.39 is 29.1 Å². The molecule has 0 aromatic heterocycles. The molecule has 31 heavy (non-hydrogen) atoms. The maximum absolute atomic E-state index is 14.9. The molecule has 0 aliphatic heterocycles. The van der Waals surface area contributed by atoms with Gasteiger partial charge < -0.3 is 0 Å². The summed E-state index contributed by atoms with van der Waals surface area (Å²) in [5, 5.41) is 0.507. The average Bonchev–Trinajstić information content (AvgIpc) is 2.74. The second-order valence-corrected chi connectivity index (χ2v) is 7.53. The Labute approximate surface area is 177 Å². The van der Waals surface area contributed by atoms with Gasteiger partial charge >= 0.3 is 0 Å². The van der Waals surface area contributed by atoms with E-state index in [1.54, 1.807) is 6.07 Å². The summed E-state index contributed by atoms with van der Waals surface area (Å²) in [6, 6.07) is 13.4. The number of unbranched alkanes of at least 4 members (excludes halogenated alkanes) is 1. The Hall–Kier alpha value is -3.21. The molecule has 5 heteroatoms. The number of fused-ring (bicyclic) bond motifs is 1. The van der Waals surface area contributed by atoms with E-state index in [1.807, 2.05) is 6.92 Å². The van der Waals surface area contributed by atoms with Crippen LogP contribution in [-0.4, -0.2) is 0 Å². The van der Waals surface area contributed by atoms with E-state index >= 15 is 0 Å². The lowest BCUT2D eigenvalue weighted by molar-refractivity contribution is 0.517. The number of aryl methyl sites for hydroxylation is 1. The number of halogens is 5. The van der Waals surface area contributed by atoms with Crippen LogP contribution in [0.5, 0.6) is 0 Å². The number of rotatable bonds is 5. The van der Waals surface area contributed by atoms with Crippen LogP contribution in [0, 0.1) is 29.1 Å². The topological polar surface area (TPSA) is 0 Å². The Morgan fingerprint density at radius 1 is 0.645 bits per heavy atom. The maximum Gasteiger partial charge on any atom is 0.166 e. The lowest BCUT2D eigenvalue weighted by atomic mass is 9.96. The van der Waals surface area contributed by atoms with Gasteiger partial charge in [-0.1, -0.05) is 43.7 Å². The van der Waals surface area contributed by atoms with Crippen molar-refractivity contribution in [1.29, 1.82) is 0 Å². The molecule has 0 spiro atoms. The Bertz CT molecular complexity index is 1250. The van der Waals surface area contributed by atoms with Crippen LogP contribution in [0.15, 0.2) is 60.7 Å². The van der Waals surface area contributed by atoms with Gasteiger partial charge in [0.05, 0.1) is 5.56 Å². The molecular formula is C26H19F5. The van der Waals surface area contributed by atoms with Crippen LogP contribution in [0.25, 0.3) is 33.0 Å². The Kier molecular flexibility index (Phi) is 5.77. The summed E-state index contributed by atoms with van der Waals surface area (Å²) in [5.74, 6) is -4.06. The van der Waals surface area contributed by atoms with Crippen LogP contribution in [0.4, 0.5) is 22.0 Å². The van der Waals surface area contributed by atoms with Crippen LogP contribution >= 0.6 is 0 Å². The minimum absolute atomic E-state index is 0.0900. The molecule has 0 aliphatic rings. The molecule has 0 saturated carbocycles. The summed E-state index contributed by atoms with van der Waals surface area (Å²) in [5.41, 5.74) is 1.01. The molecule has 0 amide bonds. The third kappa shape index (κ3) is 4.05. The molecule has 0 unspecified atom stereocenters. The molecule has 158 valence electrons. The van der Waals surface area contributed by atoms with Gasteiger partial charge in [-0.15, -0.1) is 0 Å². The summed E-state index contributed by atoms with van der Waals surface area (Å²) in [6.07, 6.45) is 2.31. The van der Waals surface area contributed by atoms with Crippen molar-refractivity contribution < 1.29 is 22.0 Å². The van der Waals surface area contributed by atoms with Gasteiger partial charge in [0.15, 0.2) is 11.6 Å². The molecule has 0 radical (unpaired) electrons. The predicted octanol–water partition coefficient (Wildman–Crippen LogP) is 8.21. The normalized spacial score (nSPS) is 11.3. The van der Waals surface area contributed by atoms with Crippen molar-refractivity contribution in [2.75, 3.05) is 0 Å². The largest absolute Gasteiger partial charge is 0.206 e.